The molecule has 0 unspecified atom stereocenters. The van der Waals surface area contributed by atoms with Gasteiger partial charge in [0.1, 0.15) is 12.2 Å². The molecule has 0 radical (unpaired) electrons. The van der Waals surface area contributed by atoms with Crippen molar-refractivity contribution in [1.82, 2.24) is 14.5 Å². The molecule has 0 atom stereocenters. The number of fused-ring (bicyclic) bond motifs is 1. The van der Waals surface area contributed by atoms with Crippen molar-refractivity contribution in [2.24, 2.45) is 0 Å². The van der Waals surface area contributed by atoms with Gasteiger partial charge in [-0.1, -0.05) is 41.9 Å². The summed E-state index contributed by atoms with van der Waals surface area (Å²) in [6, 6.07) is 13.4. The second-order valence-electron chi connectivity index (χ2n) is 5.56. The second-order valence-corrected chi connectivity index (χ2v) is 8.04. The lowest BCUT2D eigenvalue weighted by Gasteiger charge is -2.10. The minimum Gasteiger partial charge on any atom is -0.324 e. The van der Waals surface area contributed by atoms with E-state index in [1.54, 1.807) is 5.51 Å². The molecule has 0 bridgehead atoms. The maximum atomic E-state index is 12.7. The summed E-state index contributed by atoms with van der Waals surface area (Å²) >= 11 is 8.38. The standard InChI is InChI=1S/C18H12Br2N4OS.C2H6/c19-11-5-6-13(12(20)7-11)22-17(25)8-24-16-4-2-1-3-14(16)23-18(24)15-9-26-10-21-15;1-2/h1-7,9-10H,8H2,(H,22,25);1-2H3. The van der Waals surface area contributed by atoms with E-state index < -0.39 is 0 Å². The normalized spacial score (nSPS) is 10.4. The number of para-hydroxylation sites is 2. The Balaban J connectivity index is 0.00000109. The molecule has 1 N–H and O–H groups in total. The average molecular weight is 522 g/mol. The molecule has 2 heterocycles. The maximum Gasteiger partial charge on any atom is 0.244 e. The monoisotopic (exact) mass is 520 g/mol. The van der Waals surface area contributed by atoms with Gasteiger partial charge in [0.2, 0.25) is 5.91 Å². The van der Waals surface area contributed by atoms with Gasteiger partial charge in [-0.3, -0.25) is 4.79 Å². The van der Waals surface area contributed by atoms with Crippen molar-refractivity contribution in [3.8, 4) is 11.5 Å². The fraction of sp³-hybridized carbons (Fsp3) is 0.150. The Morgan fingerprint density at radius 1 is 1.18 bits per heavy atom. The summed E-state index contributed by atoms with van der Waals surface area (Å²) < 4.78 is 3.65. The number of carbonyl (C=O) groups is 1. The molecular weight excluding hydrogens is 504 g/mol. The highest BCUT2D eigenvalue weighted by Gasteiger charge is 2.17. The Labute approximate surface area is 184 Å². The number of hydrogen-bond acceptors (Lipinski definition) is 4. The third-order valence-electron chi connectivity index (χ3n) is 3.82. The van der Waals surface area contributed by atoms with E-state index in [2.05, 4.69) is 47.1 Å². The third kappa shape index (κ3) is 4.51. The molecule has 1 amide bonds. The predicted molar refractivity (Wildman–Crippen MR) is 123 cm³/mol. The number of amides is 1. The Hall–Kier alpha value is -2.03. The molecule has 4 aromatic rings. The van der Waals surface area contributed by atoms with E-state index in [0.29, 0.717) is 5.82 Å². The van der Waals surface area contributed by atoms with Crippen LogP contribution in [0.5, 0.6) is 0 Å². The number of hydrogen-bond donors (Lipinski definition) is 1. The van der Waals surface area contributed by atoms with Crippen LogP contribution in [0.15, 0.2) is 62.3 Å². The van der Waals surface area contributed by atoms with Gasteiger partial charge in [0.15, 0.2) is 5.82 Å². The molecule has 0 saturated heterocycles. The highest BCUT2D eigenvalue weighted by Crippen LogP contribution is 2.27. The zero-order valence-corrected chi connectivity index (χ0v) is 19.3. The number of thiazole rings is 1. The number of nitrogens with one attached hydrogen (secondary N) is 1. The van der Waals surface area contributed by atoms with Crippen LogP contribution < -0.4 is 5.32 Å². The van der Waals surface area contributed by atoms with Gasteiger partial charge in [-0.05, 0) is 46.3 Å². The number of benzene rings is 2. The second kappa shape index (κ2) is 9.45. The number of nitrogens with zero attached hydrogens (tertiary/aromatic N) is 3. The summed E-state index contributed by atoms with van der Waals surface area (Å²) in [6.45, 7) is 4.15. The van der Waals surface area contributed by atoms with Crippen molar-refractivity contribution in [2.45, 2.75) is 20.4 Å². The fourth-order valence-corrected chi connectivity index (χ4v) is 4.35. The Bertz CT molecular complexity index is 1090. The predicted octanol–water partition coefficient (Wildman–Crippen LogP) is 6.35. The van der Waals surface area contributed by atoms with E-state index in [4.69, 9.17) is 0 Å². The summed E-state index contributed by atoms with van der Waals surface area (Å²) in [5.41, 5.74) is 4.99. The van der Waals surface area contributed by atoms with Crippen LogP contribution in [0, 0.1) is 0 Å². The molecule has 0 fully saturated rings. The van der Waals surface area contributed by atoms with Crippen LogP contribution >= 0.6 is 43.2 Å². The van der Waals surface area contributed by atoms with Crippen LogP contribution in [0.1, 0.15) is 13.8 Å². The van der Waals surface area contributed by atoms with Gasteiger partial charge >= 0.3 is 0 Å². The molecule has 5 nitrogen and oxygen atoms in total. The van der Waals surface area contributed by atoms with Crippen molar-refractivity contribution in [3.05, 3.63) is 62.3 Å². The molecule has 0 saturated carbocycles. The average Bonchev–Trinajstić information content (AvgIpc) is 3.34. The molecular formula is C20H18Br2N4OS. The third-order valence-corrected chi connectivity index (χ3v) is 5.56. The number of halogens is 2. The van der Waals surface area contributed by atoms with E-state index >= 15 is 0 Å². The fourth-order valence-electron chi connectivity index (χ4n) is 2.68. The molecule has 2 aromatic carbocycles. The first-order valence-electron chi connectivity index (χ1n) is 8.70. The largest absolute Gasteiger partial charge is 0.324 e. The van der Waals surface area contributed by atoms with Gasteiger partial charge in [0, 0.05) is 14.3 Å². The van der Waals surface area contributed by atoms with Gasteiger partial charge < -0.3 is 9.88 Å². The lowest BCUT2D eigenvalue weighted by molar-refractivity contribution is -0.116. The maximum absolute atomic E-state index is 12.7. The summed E-state index contributed by atoms with van der Waals surface area (Å²) in [7, 11) is 0. The van der Waals surface area contributed by atoms with Gasteiger partial charge in [0.05, 0.1) is 22.2 Å². The van der Waals surface area contributed by atoms with Gasteiger partial charge in [0.25, 0.3) is 0 Å². The summed E-state index contributed by atoms with van der Waals surface area (Å²) in [4.78, 5) is 21.7. The minimum absolute atomic E-state index is 0.132. The highest BCUT2D eigenvalue weighted by molar-refractivity contribution is 9.11. The quantitative estimate of drug-likeness (QED) is 0.340. The van der Waals surface area contributed by atoms with Crippen molar-refractivity contribution >= 4 is 65.8 Å². The van der Waals surface area contributed by atoms with Crippen molar-refractivity contribution < 1.29 is 4.79 Å². The van der Waals surface area contributed by atoms with E-state index in [1.165, 1.54) is 11.3 Å². The van der Waals surface area contributed by atoms with Crippen molar-refractivity contribution in [3.63, 3.8) is 0 Å². The molecule has 0 aliphatic heterocycles. The molecule has 144 valence electrons. The van der Waals surface area contributed by atoms with Crippen molar-refractivity contribution in [2.75, 3.05) is 5.32 Å². The van der Waals surface area contributed by atoms with Crippen LogP contribution in [-0.4, -0.2) is 20.4 Å². The molecule has 8 heteroatoms. The molecule has 0 aliphatic rings. The number of rotatable bonds is 4. The van der Waals surface area contributed by atoms with E-state index in [1.807, 2.05) is 66.3 Å². The first kappa shape index (κ1) is 20.7. The zero-order valence-electron chi connectivity index (χ0n) is 15.3. The lowest BCUT2D eigenvalue weighted by Crippen LogP contribution is -2.19. The molecule has 4 rings (SSSR count). The summed E-state index contributed by atoms with van der Waals surface area (Å²) in [6.07, 6.45) is 0. The summed E-state index contributed by atoms with van der Waals surface area (Å²) in [5.74, 6) is 0.560. The number of carbonyl (C=O) groups excluding carboxylic acids is 1. The minimum atomic E-state index is -0.132. The van der Waals surface area contributed by atoms with E-state index in [9.17, 15) is 4.79 Å². The molecule has 0 aliphatic carbocycles. The van der Waals surface area contributed by atoms with Gasteiger partial charge in [-0.15, -0.1) is 11.3 Å². The van der Waals surface area contributed by atoms with Gasteiger partial charge in [-0.2, -0.15) is 0 Å². The molecule has 2 aromatic heterocycles. The number of anilines is 1. The Morgan fingerprint density at radius 3 is 2.68 bits per heavy atom. The van der Waals surface area contributed by atoms with Crippen LogP contribution in [0.25, 0.3) is 22.6 Å². The topological polar surface area (TPSA) is 59.8 Å². The smallest absolute Gasteiger partial charge is 0.244 e. The lowest BCUT2D eigenvalue weighted by atomic mass is 10.3. The Kier molecular flexibility index (Phi) is 6.98. The van der Waals surface area contributed by atoms with Crippen molar-refractivity contribution in [1.29, 1.82) is 0 Å². The first-order chi connectivity index (χ1) is 13.6. The molecule has 0 spiro atoms. The zero-order chi connectivity index (χ0) is 20.1. The van der Waals surface area contributed by atoms with Crippen LogP contribution in [0.2, 0.25) is 0 Å². The van der Waals surface area contributed by atoms with Crippen LogP contribution in [0.3, 0.4) is 0 Å². The SMILES string of the molecule is CC.O=C(Cn1c(-c2cscn2)nc2ccccc21)Nc1ccc(Br)cc1Br. The number of imidazole rings is 1. The summed E-state index contributed by atoms with van der Waals surface area (Å²) in [5, 5.41) is 4.87. The molecule has 28 heavy (non-hydrogen) atoms. The highest BCUT2D eigenvalue weighted by atomic mass is 79.9. The number of aromatic nitrogens is 3. The Morgan fingerprint density at radius 2 is 1.96 bits per heavy atom. The van der Waals surface area contributed by atoms with E-state index in [-0.39, 0.29) is 12.5 Å². The van der Waals surface area contributed by atoms with Crippen LogP contribution in [-0.2, 0) is 11.3 Å². The van der Waals surface area contributed by atoms with E-state index in [0.717, 1.165) is 31.4 Å². The first-order valence-corrected chi connectivity index (χ1v) is 11.2. The van der Waals surface area contributed by atoms with Gasteiger partial charge in [-0.25, -0.2) is 9.97 Å². The van der Waals surface area contributed by atoms with Crippen LogP contribution in [0.4, 0.5) is 5.69 Å².